The van der Waals surface area contributed by atoms with Gasteiger partial charge in [0.1, 0.15) is 0 Å². The fourth-order valence-corrected chi connectivity index (χ4v) is 1.62. The normalized spacial score (nSPS) is 21.8. The highest BCUT2D eigenvalue weighted by Gasteiger charge is 2.88. The highest BCUT2D eigenvalue weighted by molar-refractivity contribution is 5.03. The monoisotopic (exact) mass is 370 g/mol. The Hall–Kier alpha value is -0.850. The van der Waals surface area contributed by atoms with Crippen LogP contribution in [0.25, 0.3) is 0 Å². The van der Waals surface area contributed by atoms with Crippen LogP contribution in [0, 0.1) is 0 Å². The topological polar surface area (TPSA) is 18.5 Å². The molecule has 1 rings (SSSR count). The molecule has 0 N–H and O–H groups in total. The van der Waals surface area contributed by atoms with E-state index in [1.165, 1.54) is 0 Å². The van der Waals surface area contributed by atoms with Gasteiger partial charge in [-0.3, -0.25) is 0 Å². The summed E-state index contributed by atoms with van der Waals surface area (Å²) in [5.41, 5.74) is 0. The molecule has 0 spiro atoms. The molecule has 1 aliphatic heterocycles. The van der Waals surface area contributed by atoms with E-state index >= 15 is 0 Å². The second-order valence-electron chi connectivity index (χ2n) is 4.68. The van der Waals surface area contributed by atoms with Gasteiger partial charge in [-0.2, -0.15) is 48.3 Å². The van der Waals surface area contributed by atoms with Gasteiger partial charge in [-0.05, 0) is 12.8 Å². The van der Waals surface area contributed by atoms with Crippen LogP contribution in [0.4, 0.5) is 48.3 Å². The molecule has 138 valence electrons. The van der Waals surface area contributed by atoms with Gasteiger partial charge in [-0.25, -0.2) is 0 Å². The van der Waals surface area contributed by atoms with Crippen LogP contribution in [0.15, 0.2) is 0 Å². The summed E-state index contributed by atoms with van der Waals surface area (Å²) in [4.78, 5) is 0. The van der Waals surface area contributed by atoms with Gasteiger partial charge < -0.3 is 9.47 Å². The molecule has 0 radical (unpaired) electrons. The summed E-state index contributed by atoms with van der Waals surface area (Å²) in [7, 11) is 0. The molecule has 0 saturated carbocycles. The maximum absolute atomic E-state index is 13.1. The lowest BCUT2D eigenvalue weighted by Gasteiger charge is -2.36. The van der Waals surface area contributed by atoms with Crippen molar-refractivity contribution in [1.29, 1.82) is 0 Å². The third-order valence-corrected chi connectivity index (χ3v) is 2.98. The molecule has 0 aromatic rings. The van der Waals surface area contributed by atoms with Crippen molar-refractivity contribution in [3.8, 4) is 0 Å². The predicted molar refractivity (Wildman–Crippen MR) is 50.8 cm³/mol. The van der Waals surface area contributed by atoms with Crippen LogP contribution in [0.5, 0.6) is 0 Å². The summed E-state index contributed by atoms with van der Waals surface area (Å²) >= 11 is 0. The van der Waals surface area contributed by atoms with Crippen LogP contribution in [-0.2, 0) is 9.47 Å². The SMILES string of the molecule is FC(F)(F)C(F)(F)C(F)(F)C(F)(F)C(F)(F)OCC1CCCO1. The molecular weight excluding hydrogens is 361 g/mol. The Balaban J connectivity index is 3.00. The Morgan fingerprint density at radius 1 is 0.783 bits per heavy atom. The molecule has 0 bridgehead atoms. The zero-order valence-corrected chi connectivity index (χ0v) is 10.9. The van der Waals surface area contributed by atoms with E-state index < -0.39 is 42.8 Å². The van der Waals surface area contributed by atoms with Gasteiger partial charge in [-0.1, -0.05) is 0 Å². The predicted octanol–water partition coefficient (Wildman–Crippen LogP) is 4.24. The zero-order chi connectivity index (χ0) is 18.3. The quantitative estimate of drug-likeness (QED) is 0.651. The fourth-order valence-electron chi connectivity index (χ4n) is 1.62. The molecule has 0 amide bonds. The molecule has 1 atom stereocenters. The molecule has 2 nitrogen and oxygen atoms in total. The first-order valence-corrected chi connectivity index (χ1v) is 5.91. The van der Waals surface area contributed by atoms with Crippen LogP contribution in [0.1, 0.15) is 12.8 Å². The number of alkyl halides is 11. The molecular formula is C10H9F11O2. The maximum Gasteiger partial charge on any atom is 0.460 e. The second kappa shape index (κ2) is 5.90. The van der Waals surface area contributed by atoms with Crippen molar-refractivity contribution < 1.29 is 57.8 Å². The Morgan fingerprint density at radius 2 is 1.30 bits per heavy atom. The van der Waals surface area contributed by atoms with Crippen molar-refractivity contribution in [2.75, 3.05) is 13.2 Å². The van der Waals surface area contributed by atoms with Gasteiger partial charge in [0.25, 0.3) is 0 Å². The number of halogens is 11. The van der Waals surface area contributed by atoms with Crippen LogP contribution < -0.4 is 0 Å². The van der Waals surface area contributed by atoms with Gasteiger partial charge in [0.05, 0.1) is 12.7 Å². The summed E-state index contributed by atoms with van der Waals surface area (Å²) in [5.74, 6) is -22.0. The van der Waals surface area contributed by atoms with Crippen LogP contribution >= 0.6 is 0 Å². The number of hydrogen-bond donors (Lipinski definition) is 0. The smallest absolute Gasteiger partial charge is 0.376 e. The number of ether oxygens (including phenoxy) is 2. The molecule has 13 heteroatoms. The zero-order valence-electron chi connectivity index (χ0n) is 10.9. The number of hydrogen-bond acceptors (Lipinski definition) is 2. The van der Waals surface area contributed by atoms with Crippen molar-refractivity contribution in [2.45, 2.75) is 49.0 Å². The average molecular weight is 370 g/mol. The second-order valence-corrected chi connectivity index (χ2v) is 4.68. The van der Waals surface area contributed by atoms with E-state index in [2.05, 4.69) is 9.47 Å². The van der Waals surface area contributed by atoms with Crippen molar-refractivity contribution in [1.82, 2.24) is 0 Å². The molecule has 1 fully saturated rings. The van der Waals surface area contributed by atoms with Gasteiger partial charge in [0, 0.05) is 6.61 Å². The average Bonchev–Trinajstić information content (AvgIpc) is 2.87. The van der Waals surface area contributed by atoms with Crippen molar-refractivity contribution >= 4 is 0 Å². The first kappa shape index (κ1) is 20.2. The van der Waals surface area contributed by atoms with Gasteiger partial charge in [-0.15, -0.1) is 0 Å². The molecule has 1 aliphatic rings. The van der Waals surface area contributed by atoms with E-state index in [0.717, 1.165) is 0 Å². The highest BCUT2D eigenvalue weighted by atomic mass is 19.4. The molecule has 0 aliphatic carbocycles. The summed E-state index contributed by atoms with van der Waals surface area (Å²) in [6, 6.07) is 0. The first-order valence-electron chi connectivity index (χ1n) is 5.91. The standard InChI is InChI=1S/C10H9F11O2/c11-6(12,7(13,14)9(17,18)19)8(15,16)10(20,21)23-4-5-2-1-3-22-5/h5H,1-4H2. The minimum Gasteiger partial charge on any atom is -0.376 e. The van der Waals surface area contributed by atoms with E-state index in [9.17, 15) is 48.3 Å². The lowest BCUT2D eigenvalue weighted by atomic mass is 10.0. The van der Waals surface area contributed by atoms with E-state index in [1.807, 2.05) is 0 Å². The summed E-state index contributed by atoms with van der Waals surface area (Å²) in [6.45, 7) is -1.34. The highest BCUT2D eigenvalue weighted by Crippen LogP contribution is 2.57. The third-order valence-electron chi connectivity index (χ3n) is 2.98. The van der Waals surface area contributed by atoms with Crippen molar-refractivity contribution in [3.63, 3.8) is 0 Å². The Bertz CT molecular complexity index is 412. The van der Waals surface area contributed by atoms with Crippen molar-refractivity contribution in [2.24, 2.45) is 0 Å². The molecule has 0 aromatic heterocycles. The molecule has 23 heavy (non-hydrogen) atoms. The lowest BCUT2D eigenvalue weighted by Crippen LogP contribution is -2.67. The lowest BCUT2D eigenvalue weighted by molar-refractivity contribution is -0.457. The number of rotatable bonds is 6. The van der Waals surface area contributed by atoms with Crippen LogP contribution in [0.3, 0.4) is 0 Å². The Labute approximate surface area is 121 Å². The van der Waals surface area contributed by atoms with E-state index in [0.29, 0.717) is 6.42 Å². The summed E-state index contributed by atoms with van der Waals surface area (Å²) in [6.07, 6.45) is -14.3. The molecule has 1 unspecified atom stereocenters. The Kier molecular flexibility index (Phi) is 5.18. The summed E-state index contributed by atoms with van der Waals surface area (Å²) < 4.78 is 146. The maximum atomic E-state index is 13.1. The largest absolute Gasteiger partial charge is 0.460 e. The van der Waals surface area contributed by atoms with Gasteiger partial charge in [0.15, 0.2) is 0 Å². The fraction of sp³-hybridized carbons (Fsp3) is 1.00. The summed E-state index contributed by atoms with van der Waals surface area (Å²) in [5, 5.41) is 0. The van der Waals surface area contributed by atoms with Gasteiger partial charge >= 0.3 is 30.1 Å². The van der Waals surface area contributed by atoms with Crippen LogP contribution in [0.2, 0.25) is 0 Å². The van der Waals surface area contributed by atoms with E-state index in [4.69, 9.17) is 0 Å². The van der Waals surface area contributed by atoms with Crippen LogP contribution in [-0.4, -0.2) is 49.4 Å². The first-order chi connectivity index (χ1) is 10.1. The van der Waals surface area contributed by atoms with Gasteiger partial charge in [0.2, 0.25) is 0 Å². The van der Waals surface area contributed by atoms with E-state index in [-0.39, 0.29) is 13.0 Å². The molecule has 1 heterocycles. The van der Waals surface area contributed by atoms with Crippen molar-refractivity contribution in [3.05, 3.63) is 0 Å². The Morgan fingerprint density at radius 3 is 1.70 bits per heavy atom. The van der Waals surface area contributed by atoms with E-state index in [1.54, 1.807) is 0 Å². The minimum atomic E-state index is -7.45. The molecule has 0 aromatic carbocycles. The molecule has 1 saturated heterocycles. The minimum absolute atomic E-state index is 0.0384. The third kappa shape index (κ3) is 3.35.